The van der Waals surface area contributed by atoms with Gasteiger partial charge in [-0.15, -0.1) is 11.8 Å². The largest absolute Gasteiger partial charge is 0.450 e. The number of ether oxygens (including phenoxy) is 1. The van der Waals surface area contributed by atoms with Gasteiger partial charge in [0.2, 0.25) is 5.91 Å². The summed E-state index contributed by atoms with van der Waals surface area (Å²) in [6, 6.07) is 22.6. The van der Waals surface area contributed by atoms with Gasteiger partial charge in [0.05, 0.1) is 11.4 Å². The molecule has 5 nitrogen and oxygen atoms in total. The number of hydrogen-bond donors (Lipinski definition) is 1. The van der Waals surface area contributed by atoms with Gasteiger partial charge in [-0.3, -0.25) is 14.6 Å². The highest BCUT2D eigenvalue weighted by molar-refractivity contribution is 8.01. The van der Waals surface area contributed by atoms with Crippen LogP contribution in [0.15, 0.2) is 79.0 Å². The molecule has 3 rings (SSSR count). The predicted molar refractivity (Wildman–Crippen MR) is 120 cm³/mol. The van der Waals surface area contributed by atoms with Crippen LogP contribution in [-0.2, 0) is 14.3 Å². The van der Waals surface area contributed by atoms with Gasteiger partial charge in [0.15, 0.2) is 6.10 Å². The average Bonchev–Trinajstić information content (AvgIpc) is 2.78. The number of thioether (sulfide) groups is 1. The Morgan fingerprint density at radius 1 is 1.00 bits per heavy atom. The Labute approximate surface area is 180 Å². The summed E-state index contributed by atoms with van der Waals surface area (Å²) in [5.74, 6) is -0.389. The van der Waals surface area contributed by atoms with Gasteiger partial charge in [-0.1, -0.05) is 54.1 Å². The van der Waals surface area contributed by atoms with Crippen LogP contribution in [0.3, 0.4) is 0 Å². The quantitative estimate of drug-likeness (QED) is 0.531. The van der Waals surface area contributed by atoms with Crippen molar-refractivity contribution in [3.63, 3.8) is 0 Å². The maximum absolute atomic E-state index is 12.7. The third-order valence-electron chi connectivity index (χ3n) is 4.42. The van der Waals surface area contributed by atoms with Crippen LogP contribution in [0.4, 0.5) is 5.69 Å². The Kier molecular flexibility index (Phi) is 7.63. The molecular weight excluding hydrogens is 396 g/mol. The van der Waals surface area contributed by atoms with Crippen LogP contribution in [0, 0.1) is 6.92 Å². The third-order valence-corrected chi connectivity index (χ3v) is 5.55. The fourth-order valence-corrected chi connectivity index (χ4v) is 3.44. The number of rotatable bonds is 8. The summed E-state index contributed by atoms with van der Waals surface area (Å²) in [6.07, 6.45) is 1.08. The third kappa shape index (κ3) is 6.19. The first-order chi connectivity index (χ1) is 14.5. The second-order valence-corrected chi connectivity index (χ2v) is 8.18. The zero-order chi connectivity index (χ0) is 21.3. The number of amides is 1. The van der Waals surface area contributed by atoms with E-state index >= 15 is 0 Å². The molecule has 0 radical (unpaired) electrons. The summed E-state index contributed by atoms with van der Waals surface area (Å²) in [4.78, 5) is 29.2. The average molecular weight is 421 g/mol. The molecule has 0 aliphatic carbocycles. The molecule has 3 aromatic rings. The van der Waals surface area contributed by atoms with Crippen LogP contribution in [0.2, 0.25) is 0 Å². The minimum atomic E-state index is -0.593. The minimum Gasteiger partial charge on any atom is -0.450 e. The lowest BCUT2D eigenvalue weighted by Gasteiger charge is -2.20. The van der Waals surface area contributed by atoms with Crippen molar-refractivity contribution in [2.24, 2.45) is 0 Å². The minimum absolute atomic E-state index is 0.156. The van der Waals surface area contributed by atoms with E-state index < -0.39 is 11.4 Å². The molecule has 30 heavy (non-hydrogen) atoms. The molecule has 1 aromatic heterocycles. The number of nitrogens with zero attached hydrogens (tertiary/aromatic N) is 1. The molecule has 0 spiro atoms. The van der Waals surface area contributed by atoms with E-state index in [0.717, 1.165) is 16.8 Å². The van der Waals surface area contributed by atoms with Crippen molar-refractivity contribution in [1.82, 2.24) is 4.98 Å². The van der Waals surface area contributed by atoms with Crippen molar-refractivity contribution in [3.05, 3.63) is 95.8 Å². The standard InChI is InChI=1S/C24H24N2O3S/c1-17-11-13-20(14-12-17)26-22(27)16-30-18(2)24(28)29-23(19-8-4-3-5-9-19)21-10-6-7-15-25-21/h3-15,18,23H,16H2,1-2H3,(H,26,27). The SMILES string of the molecule is Cc1ccc(NC(=O)CSC(C)C(=O)OC(c2ccccc2)c2ccccn2)cc1. The molecule has 154 valence electrons. The van der Waals surface area contributed by atoms with E-state index in [1.807, 2.05) is 79.7 Å². The van der Waals surface area contributed by atoms with Gasteiger partial charge < -0.3 is 10.1 Å². The van der Waals surface area contributed by atoms with Crippen molar-refractivity contribution in [2.75, 3.05) is 11.1 Å². The normalized spacial score (nSPS) is 12.6. The zero-order valence-electron chi connectivity index (χ0n) is 16.9. The summed E-state index contributed by atoms with van der Waals surface area (Å²) < 4.78 is 5.79. The Hall–Kier alpha value is -3.12. The van der Waals surface area contributed by atoms with E-state index in [4.69, 9.17) is 4.74 Å². The molecule has 0 saturated heterocycles. The number of esters is 1. The highest BCUT2D eigenvalue weighted by Crippen LogP contribution is 2.26. The lowest BCUT2D eigenvalue weighted by atomic mass is 10.1. The highest BCUT2D eigenvalue weighted by Gasteiger charge is 2.24. The maximum Gasteiger partial charge on any atom is 0.319 e. The number of hydrogen-bond acceptors (Lipinski definition) is 5. The molecule has 0 aliphatic rings. The van der Waals surface area contributed by atoms with Crippen molar-refractivity contribution >= 4 is 29.3 Å². The number of anilines is 1. The van der Waals surface area contributed by atoms with E-state index in [9.17, 15) is 9.59 Å². The number of aryl methyl sites for hydroxylation is 1. The van der Waals surface area contributed by atoms with Crippen molar-refractivity contribution in [1.29, 1.82) is 0 Å². The first-order valence-corrected chi connectivity index (χ1v) is 10.7. The molecule has 1 N–H and O–H groups in total. The highest BCUT2D eigenvalue weighted by atomic mass is 32.2. The van der Waals surface area contributed by atoms with E-state index in [-0.39, 0.29) is 17.6 Å². The fourth-order valence-electron chi connectivity index (χ4n) is 2.77. The van der Waals surface area contributed by atoms with E-state index in [2.05, 4.69) is 10.3 Å². The van der Waals surface area contributed by atoms with Crippen LogP contribution >= 0.6 is 11.8 Å². The summed E-state index contributed by atoms with van der Waals surface area (Å²) in [5.41, 5.74) is 3.37. The van der Waals surface area contributed by atoms with Gasteiger partial charge in [0, 0.05) is 11.9 Å². The lowest BCUT2D eigenvalue weighted by molar-refractivity contribution is -0.146. The predicted octanol–water partition coefficient (Wildman–Crippen LogP) is 4.78. The van der Waals surface area contributed by atoms with Gasteiger partial charge in [0.1, 0.15) is 5.25 Å². The molecule has 6 heteroatoms. The van der Waals surface area contributed by atoms with Crippen LogP contribution in [0.1, 0.15) is 29.8 Å². The van der Waals surface area contributed by atoms with Crippen LogP contribution < -0.4 is 5.32 Å². The molecule has 0 fully saturated rings. The Bertz CT molecular complexity index is 923. The van der Waals surface area contributed by atoms with E-state index in [1.165, 1.54) is 11.8 Å². The van der Waals surface area contributed by atoms with E-state index in [0.29, 0.717) is 5.69 Å². The van der Waals surface area contributed by atoms with Crippen LogP contribution in [0.5, 0.6) is 0 Å². The molecule has 0 saturated carbocycles. The molecule has 1 heterocycles. The molecule has 1 amide bonds. The Balaban J connectivity index is 1.58. The number of pyridine rings is 1. The van der Waals surface area contributed by atoms with Gasteiger partial charge in [0.25, 0.3) is 0 Å². The number of aromatic nitrogens is 1. The van der Waals surface area contributed by atoms with Crippen molar-refractivity contribution in [3.8, 4) is 0 Å². The second-order valence-electron chi connectivity index (χ2n) is 6.85. The molecule has 2 aromatic carbocycles. The first-order valence-electron chi connectivity index (χ1n) is 9.67. The first kappa shape index (κ1) is 21.6. The molecule has 2 unspecified atom stereocenters. The number of benzene rings is 2. The van der Waals surface area contributed by atoms with Gasteiger partial charge in [-0.05, 0) is 43.7 Å². The summed E-state index contributed by atoms with van der Waals surface area (Å²) in [7, 11) is 0. The molecule has 2 atom stereocenters. The smallest absolute Gasteiger partial charge is 0.319 e. The van der Waals surface area contributed by atoms with Crippen LogP contribution in [-0.4, -0.2) is 27.9 Å². The van der Waals surface area contributed by atoms with Gasteiger partial charge >= 0.3 is 5.97 Å². The van der Waals surface area contributed by atoms with Gasteiger partial charge in [-0.2, -0.15) is 0 Å². The number of nitrogens with one attached hydrogen (secondary N) is 1. The molecule has 0 aliphatic heterocycles. The fraction of sp³-hybridized carbons (Fsp3) is 0.208. The maximum atomic E-state index is 12.7. The molecular formula is C24H24N2O3S. The number of carbonyl (C=O) groups is 2. The topological polar surface area (TPSA) is 68.3 Å². The van der Waals surface area contributed by atoms with E-state index in [1.54, 1.807) is 13.1 Å². The summed E-state index contributed by atoms with van der Waals surface area (Å²) in [6.45, 7) is 3.73. The Morgan fingerprint density at radius 3 is 2.37 bits per heavy atom. The van der Waals surface area contributed by atoms with Crippen LogP contribution in [0.25, 0.3) is 0 Å². The zero-order valence-corrected chi connectivity index (χ0v) is 17.8. The van der Waals surface area contributed by atoms with Gasteiger partial charge in [-0.25, -0.2) is 0 Å². The van der Waals surface area contributed by atoms with Crippen molar-refractivity contribution < 1.29 is 14.3 Å². The number of carbonyl (C=O) groups excluding carboxylic acids is 2. The summed E-state index contributed by atoms with van der Waals surface area (Å²) >= 11 is 1.24. The van der Waals surface area contributed by atoms with Crippen molar-refractivity contribution in [2.45, 2.75) is 25.2 Å². The second kappa shape index (κ2) is 10.6. The lowest BCUT2D eigenvalue weighted by Crippen LogP contribution is -2.23. The Morgan fingerprint density at radius 2 is 1.70 bits per heavy atom. The molecule has 0 bridgehead atoms. The monoisotopic (exact) mass is 420 g/mol. The summed E-state index contributed by atoms with van der Waals surface area (Å²) in [5, 5.41) is 2.34.